The van der Waals surface area contributed by atoms with Gasteiger partial charge in [0.1, 0.15) is 5.78 Å². The van der Waals surface area contributed by atoms with E-state index < -0.39 is 0 Å². The Morgan fingerprint density at radius 3 is 2.68 bits per heavy atom. The van der Waals surface area contributed by atoms with Gasteiger partial charge in [0.2, 0.25) is 0 Å². The van der Waals surface area contributed by atoms with Gasteiger partial charge in [-0.2, -0.15) is 0 Å². The van der Waals surface area contributed by atoms with E-state index in [4.69, 9.17) is 0 Å². The lowest BCUT2D eigenvalue weighted by Gasteiger charge is -2.41. The van der Waals surface area contributed by atoms with E-state index in [1.54, 1.807) is 0 Å². The molecule has 2 aliphatic rings. The second-order valence-corrected chi connectivity index (χ2v) is 7.42. The molecule has 0 unspecified atom stereocenters. The van der Waals surface area contributed by atoms with Gasteiger partial charge >= 0.3 is 0 Å². The number of fused-ring (bicyclic) bond motifs is 3. The Balaban J connectivity index is 1.45. The molecule has 1 saturated heterocycles. The number of rotatable bonds is 4. The fourth-order valence-corrected chi connectivity index (χ4v) is 4.12. The summed E-state index contributed by atoms with van der Waals surface area (Å²) in [7, 11) is 0. The molecule has 3 heteroatoms. The number of aryl methyl sites for hydroxylation is 1. The number of ketones is 1. The molecular weight excluding hydrogens is 308 g/mol. The van der Waals surface area contributed by atoms with E-state index >= 15 is 0 Å². The van der Waals surface area contributed by atoms with E-state index in [1.807, 2.05) is 0 Å². The van der Waals surface area contributed by atoms with Crippen molar-refractivity contribution in [3.05, 3.63) is 70.3 Å². The Hall–Kier alpha value is -1.97. The Kier molecular flexibility index (Phi) is 4.69. The van der Waals surface area contributed by atoms with Gasteiger partial charge < -0.3 is 5.32 Å². The minimum Gasteiger partial charge on any atom is -0.314 e. The van der Waals surface area contributed by atoms with Crippen LogP contribution in [0, 0.1) is 6.92 Å². The van der Waals surface area contributed by atoms with Gasteiger partial charge in [-0.05, 0) is 35.6 Å². The lowest BCUT2D eigenvalue weighted by molar-refractivity contribution is -0.117. The molecule has 25 heavy (non-hydrogen) atoms. The quantitative estimate of drug-likeness (QED) is 0.933. The van der Waals surface area contributed by atoms with Crippen LogP contribution < -0.4 is 5.32 Å². The molecule has 0 bridgehead atoms. The van der Waals surface area contributed by atoms with E-state index in [0.717, 1.165) is 43.7 Å². The van der Waals surface area contributed by atoms with Crippen LogP contribution in [-0.2, 0) is 24.1 Å². The molecule has 0 saturated carbocycles. The minimum absolute atomic E-state index is 0.292. The van der Waals surface area contributed by atoms with E-state index in [2.05, 4.69) is 59.6 Å². The lowest BCUT2D eigenvalue weighted by Crippen LogP contribution is -2.48. The number of nitrogens with zero attached hydrogens (tertiary/aromatic N) is 1. The smallest absolute Gasteiger partial charge is 0.141 e. The van der Waals surface area contributed by atoms with Crippen molar-refractivity contribution in [1.82, 2.24) is 10.2 Å². The fraction of sp³-hybridized carbons (Fsp3) is 0.409. The number of nitrogens with one attached hydrogen (secondary N) is 1. The first kappa shape index (κ1) is 16.5. The summed E-state index contributed by atoms with van der Waals surface area (Å²) in [5, 5.41) is 3.51. The van der Waals surface area contributed by atoms with Gasteiger partial charge in [0, 0.05) is 45.1 Å². The summed E-state index contributed by atoms with van der Waals surface area (Å²) < 4.78 is 0. The highest BCUT2D eigenvalue weighted by molar-refractivity contribution is 5.83. The first-order chi connectivity index (χ1) is 12.2. The SMILES string of the molecule is Cc1ccc(CC(=O)Cc2ccc3c(c2)CCN2CCNC[C@@H]32)cc1. The minimum atomic E-state index is 0.292. The normalized spacial score (nSPS) is 20.0. The molecule has 2 aromatic carbocycles. The van der Waals surface area contributed by atoms with Crippen molar-refractivity contribution < 1.29 is 4.79 Å². The van der Waals surface area contributed by atoms with Crippen molar-refractivity contribution in [3.8, 4) is 0 Å². The monoisotopic (exact) mass is 334 g/mol. The second kappa shape index (κ2) is 7.11. The molecule has 2 aromatic rings. The van der Waals surface area contributed by atoms with Gasteiger partial charge in [0.05, 0.1) is 0 Å². The lowest BCUT2D eigenvalue weighted by atomic mass is 9.89. The van der Waals surface area contributed by atoms with Gasteiger partial charge in [-0.3, -0.25) is 9.69 Å². The van der Waals surface area contributed by atoms with Crippen LogP contribution in [0.25, 0.3) is 0 Å². The predicted molar refractivity (Wildman–Crippen MR) is 101 cm³/mol. The number of Topliss-reactive ketones (excluding diaryl/α,β-unsaturated/α-hetero) is 1. The number of hydrogen-bond donors (Lipinski definition) is 1. The molecule has 1 N–H and O–H groups in total. The molecule has 1 fully saturated rings. The van der Waals surface area contributed by atoms with Crippen molar-refractivity contribution >= 4 is 5.78 Å². The molecule has 130 valence electrons. The molecule has 3 nitrogen and oxygen atoms in total. The first-order valence-corrected chi connectivity index (χ1v) is 9.33. The average molecular weight is 334 g/mol. The van der Waals surface area contributed by atoms with Crippen LogP contribution in [0.5, 0.6) is 0 Å². The average Bonchev–Trinajstić information content (AvgIpc) is 2.63. The van der Waals surface area contributed by atoms with Gasteiger partial charge in [-0.25, -0.2) is 0 Å². The van der Waals surface area contributed by atoms with Crippen LogP contribution in [0.4, 0.5) is 0 Å². The molecule has 0 aromatic heterocycles. The van der Waals surface area contributed by atoms with Crippen LogP contribution in [0.2, 0.25) is 0 Å². The predicted octanol–water partition coefficient (Wildman–Crippen LogP) is 2.85. The molecular formula is C22H26N2O. The largest absolute Gasteiger partial charge is 0.314 e. The molecule has 0 aliphatic carbocycles. The zero-order valence-electron chi connectivity index (χ0n) is 14.9. The Labute approximate surface area is 150 Å². The van der Waals surface area contributed by atoms with E-state index in [1.165, 1.54) is 16.7 Å². The van der Waals surface area contributed by atoms with Crippen molar-refractivity contribution in [2.45, 2.75) is 32.2 Å². The molecule has 2 aliphatic heterocycles. The van der Waals surface area contributed by atoms with Crippen molar-refractivity contribution in [3.63, 3.8) is 0 Å². The van der Waals surface area contributed by atoms with Crippen molar-refractivity contribution in [2.24, 2.45) is 0 Å². The molecule has 2 heterocycles. The van der Waals surface area contributed by atoms with Gasteiger partial charge in [-0.1, -0.05) is 48.0 Å². The van der Waals surface area contributed by atoms with Gasteiger partial charge in [0.15, 0.2) is 0 Å². The molecule has 4 rings (SSSR count). The van der Waals surface area contributed by atoms with E-state index in [0.29, 0.717) is 24.7 Å². The standard InChI is InChI=1S/C22H26N2O/c1-16-2-4-17(5-3-16)13-20(25)14-18-6-7-21-19(12-18)8-10-24-11-9-23-15-22(21)24/h2-7,12,22-23H,8-11,13-15H2,1H3/t22-/m0/s1. The van der Waals surface area contributed by atoms with E-state index in [-0.39, 0.29) is 0 Å². The summed E-state index contributed by atoms with van der Waals surface area (Å²) >= 11 is 0. The Morgan fingerprint density at radius 1 is 1.08 bits per heavy atom. The van der Waals surface area contributed by atoms with Crippen LogP contribution >= 0.6 is 0 Å². The van der Waals surface area contributed by atoms with Crippen LogP contribution in [0.15, 0.2) is 42.5 Å². The highest BCUT2D eigenvalue weighted by Gasteiger charge is 2.29. The molecule has 1 atom stereocenters. The maximum atomic E-state index is 12.4. The van der Waals surface area contributed by atoms with Gasteiger partial charge in [-0.15, -0.1) is 0 Å². The molecule has 0 radical (unpaired) electrons. The van der Waals surface area contributed by atoms with Crippen molar-refractivity contribution in [2.75, 3.05) is 26.2 Å². The zero-order chi connectivity index (χ0) is 17.2. The molecule has 0 amide bonds. The summed E-state index contributed by atoms with van der Waals surface area (Å²) in [6.45, 7) is 6.48. The fourth-order valence-electron chi connectivity index (χ4n) is 4.12. The topological polar surface area (TPSA) is 32.3 Å². The van der Waals surface area contributed by atoms with Crippen LogP contribution in [0.3, 0.4) is 0 Å². The van der Waals surface area contributed by atoms with E-state index in [9.17, 15) is 4.79 Å². The van der Waals surface area contributed by atoms with Crippen LogP contribution in [0.1, 0.15) is 33.9 Å². The summed E-state index contributed by atoms with van der Waals surface area (Å²) in [4.78, 5) is 15.0. The third-order valence-electron chi connectivity index (χ3n) is 5.51. The Bertz CT molecular complexity index is 766. The van der Waals surface area contributed by atoms with Crippen LogP contribution in [-0.4, -0.2) is 36.9 Å². The summed E-state index contributed by atoms with van der Waals surface area (Å²) in [6.07, 6.45) is 2.16. The second-order valence-electron chi connectivity index (χ2n) is 7.42. The number of hydrogen-bond acceptors (Lipinski definition) is 3. The summed E-state index contributed by atoms with van der Waals surface area (Å²) in [6, 6.07) is 15.5. The maximum Gasteiger partial charge on any atom is 0.141 e. The van der Waals surface area contributed by atoms with Gasteiger partial charge in [0.25, 0.3) is 0 Å². The maximum absolute atomic E-state index is 12.4. The zero-order valence-corrected chi connectivity index (χ0v) is 14.9. The van der Waals surface area contributed by atoms with Crippen molar-refractivity contribution in [1.29, 1.82) is 0 Å². The third-order valence-corrected chi connectivity index (χ3v) is 5.51. The first-order valence-electron chi connectivity index (χ1n) is 9.33. The highest BCUT2D eigenvalue weighted by atomic mass is 16.1. The number of carbonyl (C=O) groups excluding carboxylic acids is 1. The Morgan fingerprint density at radius 2 is 1.84 bits per heavy atom. The molecule has 0 spiro atoms. The number of piperazine rings is 1. The number of benzene rings is 2. The summed E-state index contributed by atoms with van der Waals surface area (Å²) in [5.41, 5.74) is 6.39. The number of carbonyl (C=O) groups is 1. The third kappa shape index (κ3) is 3.68. The highest BCUT2D eigenvalue weighted by Crippen LogP contribution is 2.31. The summed E-state index contributed by atoms with van der Waals surface area (Å²) in [5.74, 6) is 0.292.